The van der Waals surface area contributed by atoms with Gasteiger partial charge in [-0.15, -0.1) is 0 Å². The van der Waals surface area contributed by atoms with E-state index in [1.165, 1.54) is 6.42 Å². The molecule has 1 aliphatic heterocycles. The number of rotatable bonds is 5. The topological polar surface area (TPSA) is 62.7 Å². The predicted octanol–water partition coefficient (Wildman–Crippen LogP) is 3.22. The molecule has 6 heteroatoms. The molecule has 1 aromatic heterocycles. The summed E-state index contributed by atoms with van der Waals surface area (Å²) in [6.07, 6.45) is 6.66. The summed E-state index contributed by atoms with van der Waals surface area (Å²) in [6.45, 7) is 7.90. The molecule has 0 radical (unpaired) electrons. The quantitative estimate of drug-likeness (QED) is 0.820. The number of ether oxygens (including phenoxy) is 1. The van der Waals surface area contributed by atoms with E-state index >= 15 is 0 Å². The van der Waals surface area contributed by atoms with E-state index in [2.05, 4.69) is 4.98 Å². The molecule has 2 heterocycles. The average Bonchev–Trinajstić information content (AvgIpc) is 2.58. The maximum absolute atomic E-state index is 12.5. The molecule has 2 rings (SSSR count). The van der Waals surface area contributed by atoms with Gasteiger partial charge in [0.05, 0.1) is 6.54 Å². The van der Waals surface area contributed by atoms with Gasteiger partial charge in [-0.05, 0) is 51.7 Å². The van der Waals surface area contributed by atoms with Crippen LogP contribution in [0.25, 0.3) is 0 Å². The molecule has 0 N–H and O–H groups in total. The van der Waals surface area contributed by atoms with Gasteiger partial charge in [0.1, 0.15) is 5.60 Å². The van der Waals surface area contributed by atoms with Gasteiger partial charge in [0.15, 0.2) is 0 Å². The molecule has 1 saturated heterocycles. The SMILES string of the molecule is CC(C)(C)OC(=O)N(CCC(=O)N1CCCCC1)Cc1cccnc1. The van der Waals surface area contributed by atoms with Gasteiger partial charge in [0.2, 0.25) is 5.91 Å². The average molecular weight is 347 g/mol. The Morgan fingerprint density at radius 2 is 1.96 bits per heavy atom. The molecule has 6 nitrogen and oxygen atoms in total. The van der Waals surface area contributed by atoms with Gasteiger partial charge in [-0.1, -0.05) is 6.07 Å². The van der Waals surface area contributed by atoms with Crippen LogP contribution in [0.2, 0.25) is 0 Å². The second-order valence-electron chi connectivity index (χ2n) is 7.45. The Bertz CT molecular complexity index is 563. The maximum atomic E-state index is 12.5. The first-order valence-corrected chi connectivity index (χ1v) is 9.00. The number of amides is 2. The highest BCUT2D eigenvalue weighted by Crippen LogP contribution is 2.14. The lowest BCUT2D eigenvalue weighted by atomic mass is 10.1. The van der Waals surface area contributed by atoms with E-state index in [0.717, 1.165) is 31.5 Å². The zero-order chi connectivity index (χ0) is 18.3. The van der Waals surface area contributed by atoms with Crippen molar-refractivity contribution in [2.45, 2.75) is 58.6 Å². The molecule has 2 amide bonds. The van der Waals surface area contributed by atoms with E-state index < -0.39 is 11.7 Å². The van der Waals surface area contributed by atoms with E-state index in [-0.39, 0.29) is 5.91 Å². The van der Waals surface area contributed by atoms with Crippen molar-refractivity contribution >= 4 is 12.0 Å². The molecular formula is C19H29N3O3. The molecule has 138 valence electrons. The highest BCUT2D eigenvalue weighted by atomic mass is 16.6. The number of piperidine rings is 1. The molecule has 0 aromatic carbocycles. The van der Waals surface area contributed by atoms with E-state index in [1.807, 2.05) is 37.8 Å². The number of carbonyl (C=O) groups excluding carboxylic acids is 2. The van der Waals surface area contributed by atoms with E-state index in [1.54, 1.807) is 17.3 Å². The minimum atomic E-state index is -0.568. The summed E-state index contributed by atoms with van der Waals surface area (Å²) in [5, 5.41) is 0. The van der Waals surface area contributed by atoms with Crippen LogP contribution in [0.15, 0.2) is 24.5 Å². The molecule has 25 heavy (non-hydrogen) atoms. The largest absolute Gasteiger partial charge is 0.444 e. The summed E-state index contributed by atoms with van der Waals surface area (Å²) in [4.78, 5) is 32.5. The van der Waals surface area contributed by atoms with Crippen LogP contribution < -0.4 is 0 Å². The minimum Gasteiger partial charge on any atom is -0.444 e. The molecule has 1 aromatic rings. The maximum Gasteiger partial charge on any atom is 0.410 e. The Morgan fingerprint density at radius 3 is 2.56 bits per heavy atom. The van der Waals surface area contributed by atoms with Gasteiger partial charge >= 0.3 is 6.09 Å². The monoisotopic (exact) mass is 347 g/mol. The van der Waals surface area contributed by atoms with Gasteiger partial charge in [-0.2, -0.15) is 0 Å². The highest BCUT2D eigenvalue weighted by Gasteiger charge is 2.24. The summed E-state index contributed by atoms with van der Waals surface area (Å²) in [5.41, 5.74) is 0.347. The fraction of sp³-hybridized carbons (Fsp3) is 0.632. The Kier molecular flexibility index (Phi) is 6.79. The van der Waals surface area contributed by atoms with Crippen molar-refractivity contribution in [1.29, 1.82) is 0 Å². The van der Waals surface area contributed by atoms with Crippen LogP contribution in [0.3, 0.4) is 0 Å². The molecule has 0 atom stereocenters. The number of pyridine rings is 1. The zero-order valence-corrected chi connectivity index (χ0v) is 15.5. The van der Waals surface area contributed by atoms with Gasteiger partial charge in [-0.3, -0.25) is 9.78 Å². The first-order valence-electron chi connectivity index (χ1n) is 9.00. The van der Waals surface area contributed by atoms with Crippen molar-refractivity contribution in [1.82, 2.24) is 14.8 Å². The predicted molar refractivity (Wildman–Crippen MR) is 95.9 cm³/mol. The molecule has 1 aliphatic rings. The summed E-state index contributed by atoms with van der Waals surface area (Å²) in [6, 6.07) is 3.75. The van der Waals surface area contributed by atoms with Crippen LogP contribution in [0.5, 0.6) is 0 Å². The number of carbonyl (C=O) groups is 2. The van der Waals surface area contributed by atoms with Crippen LogP contribution in [0.4, 0.5) is 4.79 Å². The Morgan fingerprint density at radius 1 is 1.24 bits per heavy atom. The fourth-order valence-electron chi connectivity index (χ4n) is 2.81. The van der Waals surface area contributed by atoms with Crippen LogP contribution >= 0.6 is 0 Å². The number of nitrogens with zero attached hydrogens (tertiary/aromatic N) is 3. The van der Waals surface area contributed by atoms with Gasteiger partial charge in [0.25, 0.3) is 0 Å². The van der Waals surface area contributed by atoms with Crippen LogP contribution in [-0.4, -0.2) is 52.0 Å². The van der Waals surface area contributed by atoms with E-state index in [9.17, 15) is 9.59 Å². The van der Waals surface area contributed by atoms with Gasteiger partial charge < -0.3 is 14.5 Å². The highest BCUT2D eigenvalue weighted by molar-refractivity contribution is 5.77. The van der Waals surface area contributed by atoms with Crippen molar-refractivity contribution < 1.29 is 14.3 Å². The second-order valence-corrected chi connectivity index (χ2v) is 7.45. The lowest BCUT2D eigenvalue weighted by Gasteiger charge is -2.30. The molecule has 0 aliphatic carbocycles. The summed E-state index contributed by atoms with van der Waals surface area (Å²) >= 11 is 0. The second kappa shape index (κ2) is 8.83. The lowest BCUT2D eigenvalue weighted by molar-refractivity contribution is -0.132. The van der Waals surface area contributed by atoms with Gasteiger partial charge in [0, 0.05) is 38.4 Å². The van der Waals surface area contributed by atoms with Crippen molar-refractivity contribution in [3.05, 3.63) is 30.1 Å². The van der Waals surface area contributed by atoms with Crippen molar-refractivity contribution in [3.63, 3.8) is 0 Å². The summed E-state index contributed by atoms with van der Waals surface area (Å²) in [5.74, 6) is 0.111. The minimum absolute atomic E-state index is 0.111. The van der Waals surface area contributed by atoms with E-state index in [0.29, 0.717) is 19.5 Å². The molecule has 0 unspecified atom stereocenters. The van der Waals surface area contributed by atoms with Gasteiger partial charge in [-0.25, -0.2) is 4.79 Å². The van der Waals surface area contributed by atoms with Crippen molar-refractivity contribution in [2.24, 2.45) is 0 Å². The zero-order valence-electron chi connectivity index (χ0n) is 15.5. The third-order valence-electron chi connectivity index (χ3n) is 4.05. The Labute approximate surface area is 150 Å². The Balaban J connectivity index is 1.97. The first kappa shape index (κ1) is 19.2. The van der Waals surface area contributed by atoms with Crippen LogP contribution in [0, 0.1) is 0 Å². The van der Waals surface area contributed by atoms with Crippen molar-refractivity contribution in [2.75, 3.05) is 19.6 Å². The third kappa shape index (κ3) is 6.72. The number of hydrogen-bond acceptors (Lipinski definition) is 4. The number of hydrogen-bond donors (Lipinski definition) is 0. The molecule has 1 fully saturated rings. The normalized spacial score (nSPS) is 14.9. The number of likely N-dealkylation sites (tertiary alicyclic amines) is 1. The summed E-state index contributed by atoms with van der Waals surface area (Å²) < 4.78 is 5.49. The lowest BCUT2D eigenvalue weighted by Crippen LogP contribution is -2.40. The number of aromatic nitrogens is 1. The first-order chi connectivity index (χ1) is 11.8. The van der Waals surface area contributed by atoms with E-state index in [4.69, 9.17) is 4.74 Å². The molecule has 0 saturated carbocycles. The van der Waals surface area contributed by atoms with Crippen LogP contribution in [0.1, 0.15) is 52.0 Å². The van der Waals surface area contributed by atoms with Crippen molar-refractivity contribution in [3.8, 4) is 0 Å². The summed E-state index contributed by atoms with van der Waals surface area (Å²) in [7, 11) is 0. The molecule has 0 bridgehead atoms. The smallest absolute Gasteiger partial charge is 0.410 e. The molecule has 0 spiro atoms. The standard InChI is InChI=1S/C19H29N3O3/c1-19(2,3)25-18(24)22(15-16-8-7-10-20-14-16)13-9-17(23)21-11-5-4-6-12-21/h7-8,10,14H,4-6,9,11-13,15H2,1-3H3. The fourth-order valence-corrected chi connectivity index (χ4v) is 2.81. The Hall–Kier alpha value is -2.11. The third-order valence-corrected chi connectivity index (χ3v) is 4.05. The molecular weight excluding hydrogens is 318 g/mol. The van der Waals surface area contributed by atoms with Crippen LogP contribution in [-0.2, 0) is 16.1 Å².